The minimum absolute atomic E-state index is 0. The maximum atomic E-state index is 12.5. The lowest BCUT2D eigenvalue weighted by molar-refractivity contribution is -0.125. The Balaban J connectivity index is 0.00000264. The van der Waals surface area contributed by atoms with E-state index in [2.05, 4.69) is 10.6 Å². The third-order valence-corrected chi connectivity index (χ3v) is 7.21. The standard InChI is InChI=1S/C15H28N2O4S.ClH/c1-22(20,21)15(7-9-16-10-8-15)14(19)17-11-13(18)12-5-3-2-4-6-12;/h12-13,16,18H,2-11H2,1H3,(H,17,19);1H. The number of hydrogen-bond acceptors (Lipinski definition) is 5. The summed E-state index contributed by atoms with van der Waals surface area (Å²) in [4.78, 5) is 12.5. The van der Waals surface area contributed by atoms with Gasteiger partial charge < -0.3 is 15.7 Å². The number of piperidine rings is 1. The van der Waals surface area contributed by atoms with Crippen LogP contribution in [0.5, 0.6) is 0 Å². The Kier molecular flexibility index (Phi) is 7.77. The molecule has 0 spiro atoms. The lowest BCUT2D eigenvalue weighted by Crippen LogP contribution is -2.58. The van der Waals surface area contributed by atoms with Gasteiger partial charge in [0.2, 0.25) is 5.91 Å². The molecule has 2 aliphatic rings. The van der Waals surface area contributed by atoms with Gasteiger partial charge in [0.05, 0.1) is 6.10 Å². The normalized spacial score (nSPS) is 23.6. The molecule has 0 radical (unpaired) electrons. The second-order valence-corrected chi connectivity index (χ2v) is 9.02. The molecule has 1 aliphatic carbocycles. The summed E-state index contributed by atoms with van der Waals surface area (Å²) in [6.45, 7) is 1.19. The van der Waals surface area contributed by atoms with Gasteiger partial charge in [0.15, 0.2) is 14.6 Å². The number of aliphatic hydroxyl groups is 1. The highest BCUT2D eigenvalue weighted by Gasteiger charge is 2.48. The average molecular weight is 369 g/mol. The molecular formula is C15H29ClN2O4S. The van der Waals surface area contributed by atoms with Crippen molar-refractivity contribution in [2.45, 2.75) is 55.8 Å². The van der Waals surface area contributed by atoms with Crippen LogP contribution in [0.2, 0.25) is 0 Å². The smallest absolute Gasteiger partial charge is 0.241 e. The Bertz CT molecular complexity index is 486. The molecule has 0 bridgehead atoms. The minimum Gasteiger partial charge on any atom is -0.391 e. The van der Waals surface area contributed by atoms with Gasteiger partial charge in [-0.3, -0.25) is 4.79 Å². The third kappa shape index (κ3) is 4.81. The molecule has 136 valence electrons. The van der Waals surface area contributed by atoms with Crippen LogP contribution in [0.25, 0.3) is 0 Å². The van der Waals surface area contributed by atoms with Crippen molar-refractivity contribution in [2.75, 3.05) is 25.9 Å². The van der Waals surface area contributed by atoms with Crippen LogP contribution >= 0.6 is 12.4 Å². The minimum atomic E-state index is -3.49. The van der Waals surface area contributed by atoms with Crippen molar-refractivity contribution in [3.63, 3.8) is 0 Å². The SMILES string of the molecule is CS(=O)(=O)C1(C(=O)NCC(O)C2CCCCC2)CCNCC1.Cl. The van der Waals surface area contributed by atoms with Gasteiger partial charge in [-0.1, -0.05) is 19.3 Å². The van der Waals surface area contributed by atoms with Crippen LogP contribution < -0.4 is 10.6 Å². The molecule has 1 unspecified atom stereocenters. The van der Waals surface area contributed by atoms with Gasteiger partial charge in [-0.25, -0.2) is 8.42 Å². The molecule has 3 N–H and O–H groups in total. The Labute approximate surface area is 145 Å². The van der Waals surface area contributed by atoms with Crippen LogP contribution in [0.1, 0.15) is 44.9 Å². The molecule has 0 aromatic carbocycles. The van der Waals surface area contributed by atoms with Gasteiger partial charge in [0, 0.05) is 12.8 Å². The van der Waals surface area contributed by atoms with E-state index in [9.17, 15) is 18.3 Å². The van der Waals surface area contributed by atoms with Crippen LogP contribution in [0.3, 0.4) is 0 Å². The van der Waals surface area contributed by atoms with Crippen molar-refractivity contribution in [1.29, 1.82) is 0 Å². The van der Waals surface area contributed by atoms with E-state index in [0.29, 0.717) is 13.1 Å². The molecule has 6 nitrogen and oxygen atoms in total. The van der Waals surface area contributed by atoms with Crippen molar-refractivity contribution in [2.24, 2.45) is 5.92 Å². The van der Waals surface area contributed by atoms with Crippen LogP contribution in [-0.2, 0) is 14.6 Å². The zero-order valence-corrected chi connectivity index (χ0v) is 15.3. The van der Waals surface area contributed by atoms with Crippen LogP contribution in [0.4, 0.5) is 0 Å². The first-order chi connectivity index (χ1) is 10.4. The lowest BCUT2D eigenvalue weighted by Gasteiger charge is -2.35. The monoisotopic (exact) mass is 368 g/mol. The number of sulfone groups is 1. The summed E-state index contributed by atoms with van der Waals surface area (Å²) in [5.41, 5.74) is 0. The fourth-order valence-corrected chi connectivity index (χ4v) is 5.00. The van der Waals surface area contributed by atoms with Gasteiger partial charge in [-0.2, -0.15) is 0 Å². The predicted octanol–water partition coefficient (Wildman–Crippen LogP) is 0.632. The van der Waals surface area contributed by atoms with Crippen LogP contribution in [0.15, 0.2) is 0 Å². The fourth-order valence-electron chi connectivity index (χ4n) is 3.64. The van der Waals surface area contributed by atoms with Crippen molar-refractivity contribution in [3.05, 3.63) is 0 Å². The molecule has 23 heavy (non-hydrogen) atoms. The number of nitrogens with one attached hydrogen (secondary N) is 2. The molecule has 1 amide bonds. The van der Waals surface area contributed by atoms with E-state index in [4.69, 9.17) is 0 Å². The number of hydrogen-bond donors (Lipinski definition) is 3. The first-order valence-corrected chi connectivity index (χ1v) is 10.1. The molecule has 2 rings (SSSR count). The average Bonchev–Trinajstić information content (AvgIpc) is 2.52. The molecule has 2 fully saturated rings. The molecule has 0 aromatic heterocycles. The van der Waals surface area contributed by atoms with Crippen LogP contribution in [0, 0.1) is 5.92 Å². The first-order valence-electron chi connectivity index (χ1n) is 8.23. The Morgan fingerprint density at radius 3 is 2.35 bits per heavy atom. The molecule has 8 heteroatoms. The van der Waals surface area contributed by atoms with E-state index in [-0.39, 0.29) is 37.7 Å². The summed E-state index contributed by atoms with van der Waals surface area (Å²) in [7, 11) is -3.49. The number of aliphatic hydroxyl groups excluding tert-OH is 1. The predicted molar refractivity (Wildman–Crippen MR) is 92.5 cm³/mol. The zero-order valence-electron chi connectivity index (χ0n) is 13.7. The number of rotatable bonds is 5. The number of amides is 1. The van der Waals surface area contributed by atoms with Crippen molar-refractivity contribution >= 4 is 28.2 Å². The van der Waals surface area contributed by atoms with E-state index in [1.807, 2.05) is 0 Å². The summed E-state index contributed by atoms with van der Waals surface area (Å²) in [6, 6.07) is 0. The molecule has 1 aliphatic heterocycles. The quantitative estimate of drug-likeness (QED) is 0.661. The molecule has 1 saturated heterocycles. The highest BCUT2D eigenvalue weighted by Crippen LogP contribution is 2.29. The first kappa shape index (κ1) is 20.7. The van der Waals surface area contributed by atoms with Gasteiger partial charge >= 0.3 is 0 Å². The Morgan fingerprint density at radius 1 is 1.26 bits per heavy atom. The van der Waals surface area contributed by atoms with Crippen molar-refractivity contribution in [1.82, 2.24) is 10.6 Å². The Morgan fingerprint density at radius 2 is 1.83 bits per heavy atom. The van der Waals surface area contributed by atoms with E-state index < -0.39 is 26.6 Å². The van der Waals surface area contributed by atoms with E-state index in [1.54, 1.807) is 0 Å². The molecular weight excluding hydrogens is 340 g/mol. The lowest BCUT2D eigenvalue weighted by atomic mass is 9.85. The molecule has 1 heterocycles. The van der Waals surface area contributed by atoms with Gasteiger partial charge in [-0.05, 0) is 44.7 Å². The van der Waals surface area contributed by atoms with Crippen molar-refractivity contribution < 1.29 is 18.3 Å². The summed E-state index contributed by atoms with van der Waals surface area (Å²) < 4.78 is 22.9. The van der Waals surface area contributed by atoms with Gasteiger partial charge in [0.25, 0.3) is 0 Å². The zero-order chi connectivity index (χ0) is 16.2. The number of carbonyl (C=O) groups is 1. The summed E-state index contributed by atoms with van der Waals surface area (Å²) >= 11 is 0. The third-order valence-electron chi connectivity index (χ3n) is 5.20. The maximum Gasteiger partial charge on any atom is 0.241 e. The summed E-state index contributed by atoms with van der Waals surface area (Å²) in [6.07, 6.45) is 6.55. The van der Waals surface area contributed by atoms with Gasteiger partial charge in [-0.15, -0.1) is 12.4 Å². The largest absolute Gasteiger partial charge is 0.391 e. The summed E-state index contributed by atoms with van der Waals surface area (Å²) in [5, 5.41) is 16.0. The molecule has 0 aromatic rings. The maximum absolute atomic E-state index is 12.5. The molecule has 1 saturated carbocycles. The second kappa shape index (κ2) is 8.65. The van der Waals surface area contributed by atoms with E-state index in [0.717, 1.165) is 31.9 Å². The van der Waals surface area contributed by atoms with Gasteiger partial charge in [0.1, 0.15) is 0 Å². The fraction of sp³-hybridized carbons (Fsp3) is 0.933. The number of halogens is 1. The summed E-state index contributed by atoms with van der Waals surface area (Å²) in [5.74, 6) is -0.234. The topological polar surface area (TPSA) is 95.5 Å². The number of carbonyl (C=O) groups excluding carboxylic acids is 1. The van der Waals surface area contributed by atoms with Crippen LogP contribution in [-0.4, -0.2) is 56.2 Å². The Hall–Kier alpha value is -0.370. The highest BCUT2D eigenvalue weighted by molar-refractivity contribution is 7.92. The van der Waals surface area contributed by atoms with E-state index >= 15 is 0 Å². The second-order valence-electron chi connectivity index (χ2n) is 6.69. The molecule has 1 atom stereocenters. The highest BCUT2D eigenvalue weighted by atomic mass is 35.5. The van der Waals surface area contributed by atoms with E-state index in [1.165, 1.54) is 6.42 Å². The van der Waals surface area contributed by atoms with Crippen molar-refractivity contribution in [3.8, 4) is 0 Å².